The average molecular weight is 471 g/mol. The molecule has 2 atom stereocenters. The third kappa shape index (κ3) is 5.67. The summed E-state index contributed by atoms with van der Waals surface area (Å²) in [4.78, 5) is 25.8. The highest BCUT2D eigenvalue weighted by Crippen LogP contribution is 2.34. The molecule has 32 heavy (non-hydrogen) atoms. The number of aromatic nitrogens is 2. The third-order valence-electron chi connectivity index (χ3n) is 5.68. The number of fused-ring (bicyclic) bond motifs is 1. The van der Waals surface area contributed by atoms with Crippen LogP contribution in [0.3, 0.4) is 0 Å². The second-order valence-electron chi connectivity index (χ2n) is 8.48. The van der Waals surface area contributed by atoms with Crippen molar-refractivity contribution in [2.75, 3.05) is 18.8 Å². The van der Waals surface area contributed by atoms with E-state index in [0.29, 0.717) is 12.3 Å². The molecular formula is C24H30N4O2S2. The normalized spacial score (nSPS) is 19.4. The highest BCUT2D eigenvalue weighted by molar-refractivity contribution is 8.00. The molecule has 1 amide bonds. The van der Waals surface area contributed by atoms with Crippen molar-refractivity contribution in [3.8, 4) is 0 Å². The third-order valence-corrected chi connectivity index (χ3v) is 7.79. The summed E-state index contributed by atoms with van der Waals surface area (Å²) in [6.45, 7) is 11.8. The fraction of sp³-hybridized carbons (Fsp3) is 0.458. The van der Waals surface area contributed by atoms with Gasteiger partial charge in [-0.1, -0.05) is 36.0 Å². The van der Waals surface area contributed by atoms with Crippen LogP contribution in [0.15, 0.2) is 35.6 Å². The SMILES string of the molecule is Cc1sc2ncnc(SCC(=O)NCc3ccc(CN4CC(C)OC(C)C4)cc3)c2c1C. The molecule has 170 valence electrons. The topological polar surface area (TPSA) is 67.4 Å². The molecule has 2 aromatic heterocycles. The summed E-state index contributed by atoms with van der Waals surface area (Å²) in [6.07, 6.45) is 2.13. The lowest BCUT2D eigenvalue weighted by Crippen LogP contribution is -2.44. The van der Waals surface area contributed by atoms with Gasteiger partial charge in [0.1, 0.15) is 16.2 Å². The van der Waals surface area contributed by atoms with Crippen molar-refractivity contribution in [1.29, 1.82) is 0 Å². The number of hydrogen-bond acceptors (Lipinski definition) is 7. The molecule has 2 unspecified atom stereocenters. The molecule has 0 radical (unpaired) electrons. The van der Waals surface area contributed by atoms with Gasteiger partial charge in [0.2, 0.25) is 5.91 Å². The van der Waals surface area contributed by atoms with Crippen LogP contribution in [-0.4, -0.2) is 51.8 Å². The number of nitrogens with one attached hydrogen (secondary N) is 1. The van der Waals surface area contributed by atoms with Gasteiger partial charge in [-0.3, -0.25) is 9.69 Å². The van der Waals surface area contributed by atoms with Crippen molar-refractivity contribution in [2.24, 2.45) is 0 Å². The van der Waals surface area contributed by atoms with Crippen LogP contribution >= 0.6 is 23.1 Å². The monoisotopic (exact) mass is 470 g/mol. The zero-order valence-corrected chi connectivity index (χ0v) is 20.7. The molecule has 4 rings (SSSR count). The van der Waals surface area contributed by atoms with E-state index in [2.05, 4.69) is 72.1 Å². The Balaban J connectivity index is 1.26. The summed E-state index contributed by atoms with van der Waals surface area (Å²) in [5, 5.41) is 4.98. The summed E-state index contributed by atoms with van der Waals surface area (Å²) >= 11 is 3.14. The molecule has 0 bridgehead atoms. The highest BCUT2D eigenvalue weighted by Gasteiger charge is 2.22. The molecule has 3 aromatic rings. The van der Waals surface area contributed by atoms with E-state index in [1.807, 2.05) is 0 Å². The Morgan fingerprint density at radius 1 is 1.16 bits per heavy atom. The maximum absolute atomic E-state index is 12.4. The number of benzene rings is 1. The maximum Gasteiger partial charge on any atom is 0.230 e. The lowest BCUT2D eigenvalue weighted by atomic mass is 10.1. The van der Waals surface area contributed by atoms with Crippen LogP contribution in [-0.2, 0) is 22.6 Å². The van der Waals surface area contributed by atoms with Crippen molar-refractivity contribution in [3.05, 3.63) is 52.2 Å². The minimum absolute atomic E-state index is 0.00624. The van der Waals surface area contributed by atoms with Crippen LogP contribution in [0, 0.1) is 13.8 Å². The number of thioether (sulfide) groups is 1. The smallest absolute Gasteiger partial charge is 0.230 e. The van der Waals surface area contributed by atoms with E-state index in [-0.39, 0.29) is 18.1 Å². The Hall–Kier alpha value is -2.00. The van der Waals surface area contributed by atoms with Crippen LogP contribution in [0.4, 0.5) is 0 Å². The zero-order chi connectivity index (χ0) is 22.7. The first-order valence-corrected chi connectivity index (χ1v) is 12.7. The fourth-order valence-electron chi connectivity index (χ4n) is 4.08. The molecule has 3 heterocycles. The number of hydrogen-bond donors (Lipinski definition) is 1. The first kappa shape index (κ1) is 23.2. The number of aryl methyl sites for hydroxylation is 2. The van der Waals surface area contributed by atoms with Crippen molar-refractivity contribution in [1.82, 2.24) is 20.2 Å². The Labute approximate surface area is 197 Å². The summed E-state index contributed by atoms with van der Waals surface area (Å²) in [6, 6.07) is 8.50. The van der Waals surface area contributed by atoms with Gasteiger partial charge in [-0.15, -0.1) is 11.3 Å². The standard InChI is InChI=1S/C24H30N4O2S2/c1-15-10-28(11-16(2)30-15)12-20-7-5-19(6-8-20)9-25-21(29)13-31-23-22-17(3)18(4)32-24(22)27-14-26-23/h5-8,14-16H,9-13H2,1-4H3,(H,25,29). The lowest BCUT2D eigenvalue weighted by Gasteiger charge is -2.35. The quantitative estimate of drug-likeness (QED) is 0.410. The maximum atomic E-state index is 12.4. The molecule has 8 heteroatoms. The minimum atomic E-state index is 0.00624. The van der Waals surface area contributed by atoms with Gasteiger partial charge in [0.15, 0.2) is 0 Å². The Kier molecular flexibility index (Phi) is 7.45. The van der Waals surface area contributed by atoms with E-state index in [0.717, 1.165) is 40.4 Å². The molecule has 6 nitrogen and oxygen atoms in total. The van der Waals surface area contributed by atoms with Gasteiger partial charge in [0, 0.05) is 36.4 Å². The largest absolute Gasteiger partial charge is 0.373 e. The van der Waals surface area contributed by atoms with Gasteiger partial charge < -0.3 is 10.1 Å². The van der Waals surface area contributed by atoms with Gasteiger partial charge in [-0.05, 0) is 44.4 Å². The molecule has 1 fully saturated rings. The fourth-order valence-corrected chi connectivity index (χ4v) is 6.03. The first-order valence-electron chi connectivity index (χ1n) is 10.9. The van der Waals surface area contributed by atoms with E-state index in [1.165, 1.54) is 27.8 Å². The second-order valence-corrected chi connectivity index (χ2v) is 10.6. The molecule has 0 saturated carbocycles. The predicted molar refractivity (Wildman–Crippen MR) is 131 cm³/mol. The Bertz CT molecular complexity index is 1070. The number of nitrogens with zero attached hydrogens (tertiary/aromatic N) is 3. The zero-order valence-electron chi connectivity index (χ0n) is 19.1. The van der Waals surface area contributed by atoms with Crippen LogP contribution < -0.4 is 5.32 Å². The Morgan fingerprint density at radius 3 is 2.56 bits per heavy atom. The molecular weight excluding hydrogens is 440 g/mol. The van der Waals surface area contributed by atoms with Crippen molar-refractivity contribution in [2.45, 2.75) is 58.0 Å². The number of ether oxygens (including phenoxy) is 1. The van der Waals surface area contributed by atoms with Crippen molar-refractivity contribution >= 4 is 39.2 Å². The number of carbonyl (C=O) groups excluding carboxylic acids is 1. The molecule has 1 N–H and O–H groups in total. The lowest BCUT2D eigenvalue weighted by molar-refractivity contribution is -0.118. The van der Waals surface area contributed by atoms with Crippen LogP contribution in [0.2, 0.25) is 0 Å². The van der Waals surface area contributed by atoms with E-state index in [4.69, 9.17) is 4.74 Å². The molecule has 1 saturated heterocycles. The number of rotatable bonds is 7. The van der Waals surface area contributed by atoms with Gasteiger partial charge in [-0.25, -0.2) is 9.97 Å². The molecule has 0 spiro atoms. The average Bonchev–Trinajstić information content (AvgIpc) is 3.05. The van der Waals surface area contributed by atoms with Gasteiger partial charge >= 0.3 is 0 Å². The van der Waals surface area contributed by atoms with E-state index >= 15 is 0 Å². The summed E-state index contributed by atoms with van der Waals surface area (Å²) in [5.41, 5.74) is 3.59. The van der Waals surface area contributed by atoms with Gasteiger partial charge in [-0.2, -0.15) is 0 Å². The molecule has 1 aromatic carbocycles. The molecule has 1 aliphatic heterocycles. The summed E-state index contributed by atoms with van der Waals surface area (Å²) < 4.78 is 5.81. The number of thiophene rings is 1. The number of amides is 1. The number of carbonyl (C=O) groups is 1. The highest BCUT2D eigenvalue weighted by atomic mass is 32.2. The summed E-state index contributed by atoms with van der Waals surface area (Å²) in [5.74, 6) is 0.345. The Morgan fingerprint density at radius 2 is 1.84 bits per heavy atom. The van der Waals surface area contributed by atoms with Crippen LogP contribution in [0.1, 0.15) is 35.4 Å². The van der Waals surface area contributed by atoms with Crippen molar-refractivity contribution < 1.29 is 9.53 Å². The molecule has 0 aliphatic carbocycles. The van der Waals surface area contributed by atoms with E-state index in [1.54, 1.807) is 17.7 Å². The van der Waals surface area contributed by atoms with E-state index in [9.17, 15) is 4.79 Å². The van der Waals surface area contributed by atoms with E-state index < -0.39 is 0 Å². The first-order chi connectivity index (χ1) is 15.4. The predicted octanol–water partition coefficient (Wildman–Crippen LogP) is 4.33. The van der Waals surface area contributed by atoms with Gasteiger partial charge in [0.05, 0.1) is 18.0 Å². The van der Waals surface area contributed by atoms with Crippen molar-refractivity contribution in [3.63, 3.8) is 0 Å². The van der Waals surface area contributed by atoms with Gasteiger partial charge in [0.25, 0.3) is 0 Å². The summed E-state index contributed by atoms with van der Waals surface area (Å²) in [7, 11) is 0. The van der Waals surface area contributed by atoms with Crippen LogP contribution in [0.5, 0.6) is 0 Å². The second kappa shape index (κ2) is 10.3. The minimum Gasteiger partial charge on any atom is -0.373 e. The van der Waals surface area contributed by atoms with Crippen LogP contribution in [0.25, 0.3) is 10.2 Å². The number of morpholine rings is 1. The molecule has 1 aliphatic rings.